The van der Waals surface area contributed by atoms with Crippen LogP contribution in [0.3, 0.4) is 0 Å². The van der Waals surface area contributed by atoms with E-state index in [4.69, 9.17) is 5.11 Å². The van der Waals surface area contributed by atoms with Gasteiger partial charge in [-0.15, -0.1) is 0 Å². The summed E-state index contributed by atoms with van der Waals surface area (Å²) < 4.78 is 13.7. The van der Waals surface area contributed by atoms with Crippen LogP contribution in [0.25, 0.3) is 0 Å². The molecule has 1 amide bonds. The van der Waals surface area contributed by atoms with Gasteiger partial charge in [-0.3, -0.25) is 4.79 Å². The van der Waals surface area contributed by atoms with E-state index >= 15 is 0 Å². The summed E-state index contributed by atoms with van der Waals surface area (Å²) in [6, 6.07) is 10.1. The third-order valence-corrected chi connectivity index (χ3v) is 3.21. The molecule has 108 valence electrons. The van der Waals surface area contributed by atoms with Gasteiger partial charge in [-0.1, -0.05) is 28.1 Å². The van der Waals surface area contributed by atoms with E-state index in [0.29, 0.717) is 10.0 Å². The highest BCUT2D eigenvalue weighted by Gasteiger charge is 2.09. The summed E-state index contributed by atoms with van der Waals surface area (Å²) in [5, 5.41) is 11.5. The zero-order valence-electron chi connectivity index (χ0n) is 10.8. The highest BCUT2D eigenvalue weighted by atomic mass is 79.9. The quantitative estimate of drug-likeness (QED) is 0.888. The van der Waals surface area contributed by atoms with Gasteiger partial charge >= 0.3 is 5.97 Å². The molecule has 4 nitrogen and oxygen atoms in total. The Morgan fingerprint density at radius 1 is 1.14 bits per heavy atom. The number of aromatic carboxylic acids is 1. The van der Waals surface area contributed by atoms with Crippen molar-refractivity contribution in [2.24, 2.45) is 0 Å². The van der Waals surface area contributed by atoms with E-state index in [-0.39, 0.29) is 17.7 Å². The van der Waals surface area contributed by atoms with E-state index < -0.39 is 17.7 Å². The first-order valence-electron chi connectivity index (χ1n) is 6.02. The molecule has 0 unspecified atom stereocenters. The van der Waals surface area contributed by atoms with E-state index in [9.17, 15) is 14.0 Å². The average molecular weight is 352 g/mol. The molecule has 0 aliphatic carbocycles. The fourth-order valence-electron chi connectivity index (χ4n) is 1.78. The molecule has 21 heavy (non-hydrogen) atoms. The maximum Gasteiger partial charge on any atom is 0.335 e. The maximum absolute atomic E-state index is 13.2. The van der Waals surface area contributed by atoms with E-state index in [2.05, 4.69) is 21.2 Å². The lowest BCUT2D eigenvalue weighted by Crippen LogP contribution is -2.23. The molecule has 2 rings (SSSR count). The van der Waals surface area contributed by atoms with Crippen LogP contribution in [0.5, 0.6) is 0 Å². The molecule has 0 heterocycles. The number of carbonyl (C=O) groups is 2. The number of amides is 1. The minimum Gasteiger partial charge on any atom is -0.478 e. The van der Waals surface area contributed by atoms with Gasteiger partial charge in [0.1, 0.15) is 5.82 Å². The van der Waals surface area contributed by atoms with Crippen molar-refractivity contribution in [3.8, 4) is 0 Å². The number of carboxylic acid groups (broad SMARTS) is 1. The van der Waals surface area contributed by atoms with Crippen molar-refractivity contribution in [3.05, 3.63) is 69.4 Å². The van der Waals surface area contributed by atoms with Gasteiger partial charge in [-0.25, -0.2) is 9.18 Å². The molecule has 0 aliphatic rings. The predicted octanol–water partition coefficient (Wildman–Crippen LogP) is 3.22. The average Bonchev–Trinajstić information content (AvgIpc) is 2.44. The van der Waals surface area contributed by atoms with Gasteiger partial charge in [0.05, 0.1) is 5.56 Å². The number of rotatable bonds is 4. The molecule has 0 bridgehead atoms. The van der Waals surface area contributed by atoms with Crippen molar-refractivity contribution >= 4 is 27.8 Å². The Bertz CT molecular complexity index is 683. The second-order valence-electron chi connectivity index (χ2n) is 4.35. The summed E-state index contributed by atoms with van der Waals surface area (Å²) >= 11 is 3.12. The number of carbonyl (C=O) groups excluding carboxylic acids is 1. The first-order valence-corrected chi connectivity index (χ1v) is 6.81. The summed E-state index contributed by atoms with van der Waals surface area (Å²) in [6.07, 6.45) is 0. The highest BCUT2D eigenvalue weighted by molar-refractivity contribution is 9.10. The highest BCUT2D eigenvalue weighted by Crippen LogP contribution is 2.15. The molecule has 0 saturated heterocycles. The van der Waals surface area contributed by atoms with E-state index in [1.165, 1.54) is 24.3 Å². The maximum atomic E-state index is 13.2. The minimum atomic E-state index is -1.03. The zero-order chi connectivity index (χ0) is 15.4. The Labute approximate surface area is 128 Å². The van der Waals surface area contributed by atoms with Crippen LogP contribution in [0.2, 0.25) is 0 Å². The molecule has 0 fully saturated rings. The van der Waals surface area contributed by atoms with Crippen LogP contribution in [-0.2, 0) is 6.54 Å². The molecule has 0 aromatic heterocycles. The van der Waals surface area contributed by atoms with Crippen LogP contribution in [-0.4, -0.2) is 17.0 Å². The Morgan fingerprint density at radius 2 is 1.90 bits per heavy atom. The molecule has 0 spiro atoms. The molecule has 2 aromatic carbocycles. The van der Waals surface area contributed by atoms with Crippen molar-refractivity contribution in [1.82, 2.24) is 5.32 Å². The SMILES string of the molecule is O=C(O)c1cccc(CNC(=O)c2cc(F)cc(Br)c2)c1. The zero-order valence-corrected chi connectivity index (χ0v) is 12.4. The third-order valence-electron chi connectivity index (χ3n) is 2.75. The molecule has 0 aliphatic heterocycles. The van der Waals surface area contributed by atoms with Crippen molar-refractivity contribution in [3.63, 3.8) is 0 Å². The first kappa shape index (κ1) is 15.2. The fraction of sp³-hybridized carbons (Fsp3) is 0.0667. The lowest BCUT2D eigenvalue weighted by molar-refractivity contribution is 0.0696. The van der Waals surface area contributed by atoms with E-state index in [1.54, 1.807) is 12.1 Å². The summed E-state index contributed by atoms with van der Waals surface area (Å²) in [6.45, 7) is 0.161. The van der Waals surface area contributed by atoms with Gasteiger partial charge in [-0.05, 0) is 35.9 Å². The number of hydrogen-bond donors (Lipinski definition) is 2. The second-order valence-corrected chi connectivity index (χ2v) is 5.26. The molecule has 2 aromatic rings. The standard InChI is InChI=1S/C15H11BrFNO3/c16-12-5-11(6-13(17)7-12)14(19)18-8-9-2-1-3-10(4-9)15(20)21/h1-7H,8H2,(H,18,19)(H,20,21). The van der Waals surface area contributed by atoms with Crippen molar-refractivity contribution in [1.29, 1.82) is 0 Å². The number of carboxylic acids is 1. The largest absolute Gasteiger partial charge is 0.478 e. The summed E-state index contributed by atoms with van der Waals surface area (Å²) in [5.74, 6) is -1.98. The summed E-state index contributed by atoms with van der Waals surface area (Å²) in [5.41, 5.74) is 0.991. The predicted molar refractivity (Wildman–Crippen MR) is 78.7 cm³/mol. The van der Waals surface area contributed by atoms with Crippen LogP contribution in [0.4, 0.5) is 4.39 Å². The van der Waals surface area contributed by atoms with Gasteiger partial charge in [0.15, 0.2) is 0 Å². The van der Waals surface area contributed by atoms with Crippen LogP contribution in [0.15, 0.2) is 46.9 Å². The third kappa shape index (κ3) is 4.13. The molecule has 0 radical (unpaired) electrons. The van der Waals surface area contributed by atoms with Crippen molar-refractivity contribution < 1.29 is 19.1 Å². The van der Waals surface area contributed by atoms with Crippen molar-refractivity contribution in [2.75, 3.05) is 0 Å². The Hall–Kier alpha value is -2.21. The smallest absolute Gasteiger partial charge is 0.335 e. The molecule has 2 N–H and O–H groups in total. The molecule has 0 atom stereocenters. The van der Waals surface area contributed by atoms with Crippen LogP contribution < -0.4 is 5.32 Å². The van der Waals surface area contributed by atoms with Gasteiger partial charge < -0.3 is 10.4 Å². The molecular formula is C15H11BrFNO3. The van der Waals surface area contributed by atoms with Gasteiger partial charge in [0, 0.05) is 16.6 Å². The van der Waals surface area contributed by atoms with E-state index in [1.807, 2.05) is 0 Å². The number of hydrogen-bond acceptors (Lipinski definition) is 2. The van der Waals surface area contributed by atoms with E-state index in [0.717, 1.165) is 6.07 Å². The Morgan fingerprint density at radius 3 is 2.57 bits per heavy atom. The van der Waals surface area contributed by atoms with Crippen molar-refractivity contribution in [2.45, 2.75) is 6.54 Å². The Balaban J connectivity index is 2.07. The van der Waals surface area contributed by atoms with Crippen LogP contribution in [0.1, 0.15) is 26.3 Å². The Kier molecular flexibility index (Phi) is 4.70. The number of halogens is 2. The molecular weight excluding hydrogens is 341 g/mol. The monoisotopic (exact) mass is 351 g/mol. The second kappa shape index (κ2) is 6.49. The van der Waals surface area contributed by atoms with Gasteiger partial charge in [0.2, 0.25) is 0 Å². The summed E-state index contributed by atoms with van der Waals surface area (Å²) in [7, 11) is 0. The topological polar surface area (TPSA) is 66.4 Å². The summed E-state index contributed by atoms with van der Waals surface area (Å²) in [4.78, 5) is 22.8. The number of benzene rings is 2. The molecule has 0 saturated carbocycles. The normalized spacial score (nSPS) is 10.2. The van der Waals surface area contributed by atoms with Gasteiger partial charge in [0.25, 0.3) is 5.91 Å². The lowest BCUT2D eigenvalue weighted by atomic mass is 10.1. The minimum absolute atomic E-state index is 0.148. The van der Waals surface area contributed by atoms with Crippen LogP contribution in [0, 0.1) is 5.82 Å². The lowest BCUT2D eigenvalue weighted by Gasteiger charge is -2.07. The molecule has 6 heteroatoms. The number of nitrogens with one attached hydrogen (secondary N) is 1. The first-order chi connectivity index (χ1) is 9.95. The fourth-order valence-corrected chi connectivity index (χ4v) is 2.25. The van der Waals surface area contributed by atoms with Crippen LogP contribution >= 0.6 is 15.9 Å². The van der Waals surface area contributed by atoms with Gasteiger partial charge in [-0.2, -0.15) is 0 Å².